The van der Waals surface area contributed by atoms with Gasteiger partial charge in [-0.3, -0.25) is 4.79 Å². The molecule has 1 amide bonds. The summed E-state index contributed by atoms with van der Waals surface area (Å²) in [5.74, 6) is 0.226. The zero-order valence-electron chi connectivity index (χ0n) is 16.2. The average Bonchev–Trinajstić information content (AvgIpc) is 2.73. The van der Waals surface area contributed by atoms with Gasteiger partial charge in [-0.05, 0) is 43.5 Å². The Bertz CT molecular complexity index is 672. The predicted molar refractivity (Wildman–Crippen MR) is 109 cm³/mol. The molecule has 2 heterocycles. The van der Waals surface area contributed by atoms with Gasteiger partial charge in [-0.25, -0.2) is 0 Å². The van der Waals surface area contributed by atoms with Crippen LogP contribution in [0.15, 0.2) is 40.6 Å². The van der Waals surface area contributed by atoms with E-state index in [-0.39, 0.29) is 24.3 Å². The molecule has 3 atom stereocenters. The Kier molecular flexibility index (Phi) is 7.91. The molecule has 7 heteroatoms. The number of aliphatic hydroxyl groups excluding tert-OH is 1. The first-order valence-corrected chi connectivity index (χ1v) is 10.7. The third kappa shape index (κ3) is 5.14. The van der Waals surface area contributed by atoms with E-state index in [0.29, 0.717) is 45.1 Å². The quantitative estimate of drug-likeness (QED) is 0.686. The summed E-state index contributed by atoms with van der Waals surface area (Å²) >= 11 is 3.48. The molecule has 154 valence electrons. The van der Waals surface area contributed by atoms with Crippen LogP contribution in [0.4, 0.5) is 0 Å². The van der Waals surface area contributed by atoms with Crippen molar-refractivity contribution in [1.29, 1.82) is 0 Å². The monoisotopic (exact) mass is 453 g/mol. The topological polar surface area (TPSA) is 68.2 Å². The summed E-state index contributed by atoms with van der Waals surface area (Å²) in [4.78, 5) is 14.8. The molecule has 0 aromatic heterocycles. The zero-order chi connectivity index (χ0) is 19.9. The summed E-state index contributed by atoms with van der Waals surface area (Å²) in [6.07, 6.45) is 2.82. The van der Waals surface area contributed by atoms with Crippen LogP contribution < -0.4 is 0 Å². The number of hydrogen-bond acceptors (Lipinski definition) is 5. The summed E-state index contributed by atoms with van der Waals surface area (Å²) in [6, 6.07) is 8.12. The Labute approximate surface area is 174 Å². The average molecular weight is 454 g/mol. The fourth-order valence-electron chi connectivity index (χ4n) is 3.74. The van der Waals surface area contributed by atoms with Gasteiger partial charge in [-0.1, -0.05) is 28.1 Å². The largest absolute Gasteiger partial charge is 0.459 e. The molecular weight excluding hydrogens is 426 g/mol. The Morgan fingerprint density at radius 3 is 2.64 bits per heavy atom. The van der Waals surface area contributed by atoms with Crippen LogP contribution in [0.2, 0.25) is 0 Å². The van der Waals surface area contributed by atoms with Crippen LogP contribution >= 0.6 is 15.9 Å². The first-order valence-electron chi connectivity index (χ1n) is 9.87. The van der Waals surface area contributed by atoms with Gasteiger partial charge < -0.3 is 24.2 Å². The Balaban J connectivity index is 1.92. The van der Waals surface area contributed by atoms with Gasteiger partial charge in [0.25, 0.3) is 5.91 Å². The minimum atomic E-state index is -0.518. The standard InChI is InChI=1S/C21H28BrNO5/c1-2-27-21-17(4-3-11-24)18(15-5-7-16(22)8-6-15)14-19(28-21)20(25)23-9-12-26-13-10-23/h5-8,14,17-18,21,24H,2-4,9-13H2,1H3/t17-,18+,21+/m1/s1. The summed E-state index contributed by atoms with van der Waals surface area (Å²) in [7, 11) is 0. The number of hydrogen-bond donors (Lipinski definition) is 1. The van der Waals surface area contributed by atoms with Crippen molar-refractivity contribution in [2.24, 2.45) is 5.92 Å². The van der Waals surface area contributed by atoms with E-state index in [1.807, 2.05) is 25.1 Å². The molecule has 0 saturated carbocycles. The van der Waals surface area contributed by atoms with Crippen molar-refractivity contribution in [2.45, 2.75) is 32.0 Å². The Morgan fingerprint density at radius 2 is 2.00 bits per heavy atom. The number of carbonyl (C=O) groups is 1. The highest BCUT2D eigenvalue weighted by Crippen LogP contribution is 2.40. The highest BCUT2D eigenvalue weighted by molar-refractivity contribution is 9.10. The molecule has 1 aromatic carbocycles. The first-order chi connectivity index (χ1) is 13.6. The van der Waals surface area contributed by atoms with Crippen LogP contribution in [-0.4, -0.2) is 61.7 Å². The summed E-state index contributed by atoms with van der Waals surface area (Å²) in [6.45, 7) is 4.75. The van der Waals surface area contributed by atoms with E-state index in [1.54, 1.807) is 4.90 Å². The van der Waals surface area contributed by atoms with Crippen molar-refractivity contribution in [3.05, 3.63) is 46.1 Å². The molecular formula is C21H28BrNO5. The molecule has 3 rings (SSSR count). The molecule has 1 saturated heterocycles. The van der Waals surface area contributed by atoms with Gasteiger partial charge in [0.15, 0.2) is 5.76 Å². The number of morpholine rings is 1. The molecule has 2 aliphatic rings. The van der Waals surface area contributed by atoms with Crippen molar-refractivity contribution in [2.75, 3.05) is 39.5 Å². The normalized spacial score (nSPS) is 25.2. The lowest BCUT2D eigenvalue weighted by atomic mass is 9.80. The van der Waals surface area contributed by atoms with Crippen LogP contribution in [0, 0.1) is 5.92 Å². The van der Waals surface area contributed by atoms with E-state index in [0.717, 1.165) is 16.5 Å². The summed E-state index contributed by atoms with van der Waals surface area (Å²) < 4.78 is 18.3. The van der Waals surface area contributed by atoms with E-state index in [4.69, 9.17) is 14.2 Å². The SMILES string of the molecule is CCO[C@H]1OC(C(=O)N2CCOCC2)=C[C@@H](c2ccc(Br)cc2)[C@H]1CCCO. The maximum absolute atomic E-state index is 13.0. The fraction of sp³-hybridized carbons (Fsp3) is 0.571. The highest BCUT2D eigenvalue weighted by Gasteiger charge is 2.38. The van der Waals surface area contributed by atoms with E-state index < -0.39 is 6.29 Å². The third-order valence-corrected chi connectivity index (χ3v) is 5.70. The minimum Gasteiger partial charge on any atom is -0.459 e. The number of aliphatic hydroxyl groups is 1. The first kappa shape index (κ1) is 21.3. The molecule has 1 fully saturated rings. The molecule has 6 nitrogen and oxygen atoms in total. The smallest absolute Gasteiger partial charge is 0.288 e. The predicted octanol–water partition coefficient (Wildman–Crippen LogP) is 3.06. The molecule has 1 aromatic rings. The van der Waals surface area contributed by atoms with Gasteiger partial charge in [0.2, 0.25) is 6.29 Å². The number of amides is 1. The molecule has 1 N–H and O–H groups in total. The number of nitrogens with zero attached hydrogens (tertiary/aromatic N) is 1. The lowest BCUT2D eigenvalue weighted by molar-refractivity contribution is -0.171. The molecule has 0 bridgehead atoms. The lowest BCUT2D eigenvalue weighted by Crippen LogP contribution is -2.44. The molecule has 0 spiro atoms. The number of ether oxygens (including phenoxy) is 3. The molecule has 28 heavy (non-hydrogen) atoms. The van der Waals surface area contributed by atoms with E-state index in [1.165, 1.54) is 0 Å². The van der Waals surface area contributed by atoms with Gasteiger partial charge in [0, 0.05) is 42.6 Å². The van der Waals surface area contributed by atoms with E-state index in [2.05, 4.69) is 28.1 Å². The maximum Gasteiger partial charge on any atom is 0.288 e. The highest BCUT2D eigenvalue weighted by atomic mass is 79.9. The van der Waals surface area contributed by atoms with Gasteiger partial charge >= 0.3 is 0 Å². The van der Waals surface area contributed by atoms with Crippen molar-refractivity contribution < 1.29 is 24.1 Å². The second kappa shape index (κ2) is 10.4. The van der Waals surface area contributed by atoms with Crippen LogP contribution in [0.3, 0.4) is 0 Å². The van der Waals surface area contributed by atoms with Crippen LogP contribution in [-0.2, 0) is 19.0 Å². The molecule has 2 aliphatic heterocycles. The Morgan fingerprint density at radius 1 is 1.29 bits per heavy atom. The summed E-state index contributed by atoms with van der Waals surface area (Å²) in [5.41, 5.74) is 1.10. The lowest BCUT2D eigenvalue weighted by Gasteiger charge is -2.38. The van der Waals surface area contributed by atoms with Gasteiger partial charge in [-0.2, -0.15) is 0 Å². The Hall–Kier alpha value is -1.41. The van der Waals surface area contributed by atoms with E-state index in [9.17, 15) is 9.90 Å². The third-order valence-electron chi connectivity index (χ3n) is 5.18. The van der Waals surface area contributed by atoms with Gasteiger partial charge in [0.05, 0.1) is 13.2 Å². The number of carbonyl (C=O) groups excluding carboxylic acids is 1. The fourth-order valence-corrected chi connectivity index (χ4v) is 4.01. The van der Waals surface area contributed by atoms with Crippen LogP contribution in [0.1, 0.15) is 31.2 Å². The minimum absolute atomic E-state index is 0.0227. The van der Waals surface area contributed by atoms with Crippen LogP contribution in [0.5, 0.6) is 0 Å². The van der Waals surface area contributed by atoms with Gasteiger partial charge in [-0.15, -0.1) is 0 Å². The summed E-state index contributed by atoms with van der Waals surface area (Å²) in [5, 5.41) is 9.34. The van der Waals surface area contributed by atoms with Crippen molar-refractivity contribution in [1.82, 2.24) is 4.90 Å². The van der Waals surface area contributed by atoms with Crippen molar-refractivity contribution in [3.8, 4) is 0 Å². The molecule has 0 unspecified atom stereocenters. The van der Waals surface area contributed by atoms with Crippen LogP contribution in [0.25, 0.3) is 0 Å². The second-order valence-corrected chi connectivity index (χ2v) is 7.90. The van der Waals surface area contributed by atoms with Gasteiger partial charge in [0.1, 0.15) is 0 Å². The number of rotatable bonds is 7. The van der Waals surface area contributed by atoms with E-state index >= 15 is 0 Å². The second-order valence-electron chi connectivity index (χ2n) is 6.98. The number of halogens is 1. The number of allylic oxidation sites excluding steroid dienone is 1. The van der Waals surface area contributed by atoms with Crippen molar-refractivity contribution in [3.63, 3.8) is 0 Å². The molecule has 0 aliphatic carbocycles. The molecule has 0 radical (unpaired) electrons. The number of benzene rings is 1. The zero-order valence-corrected chi connectivity index (χ0v) is 17.8. The maximum atomic E-state index is 13.0. The van der Waals surface area contributed by atoms with Crippen molar-refractivity contribution >= 4 is 21.8 Å².